The molecule has 0 fully saturated rings. The van der Waals surface area contributed by atoms with E-state index in [-0.39, 0.29) is 5.56 Å². The van der Waals surface area contributed by atoms with Gasteiger partial charge >= 0.3 is 0 Å². The Morgan fingerprint density at radius 3 is 2.75 bits per heavy atom. The summed E-state index contributed by atoms with van der Waals surface area (Å²) in [6.07, 6.45) is 0. The third kappa shape index (κ3) is 3.07. The van der Waals surface area contributed by atoms with E-state index in [1.54, 1.807) is 19.2 Å². The van der Waals surface area contributed by atoms with Crippen molar-refractivity contribution in [3.05, 3.63) is 58.9 Å². The normalized spacial score (nSPS) is 9.90. The van der Waals surface area contributed by atoms with Gasteiger partial charge in [0, 0.05) is 6.54 Å². The van der Waals surface area contributed by atoms with Crippen molar-refractivity contribution in [2.24, 2.45) is 0 Å². The van der Waals surface area contributed by atoms with E-state index in [1.165, 1.54) is 6.07 Å². The highest BCUT2D eigenvalue weighted by atomic mass is 19.1. The Bertz CT molecular complexity index is 662. The van der Waals surface area contributed by atoms with Gasteiger partial charge in [-0.1, -0.05) is 12.1 Å². The molecule has 102 valence electrons. The molecule has 3 nitrogen and oxygen atoms in total. The Hall–Kier alpha value is -2.54. The van der Waals surface area contributed by atoms with Gasteiger partial charge in [0.15, 0.2) is 0 Å². The Balaban J connectivity index is 2.17. The number of nitrogens with one attached hydrogen (secondary N) is 1. The van der Waals surface area contributed by atoms with Crippen LogP contribution in [-0.4, -0.2) is 7.11 Å². The van der Waals surface area contributed by atoms with E-state index < -0.39 is 5.82 Å². The van der Waals surface area contributed by atoms with Gasteiger partial charge in [-0.05, 0) is 42.3 Å². The standard InChI is InChI=1S/C16H15FN2O/c1-11-3-6-16(20-2)15(7-11)19-10-12-4-5-14(17)13(8-12)9-18/h3-8,19H,10H2,1-2H3. The molecule has 0 aromatic heterocycles. The number of nitrogens with zero attached hydrogens (tertiary/aromatic N) is 1. The van der Waals surface area contributed by atoms with Crippen molar-refractivity contribution in [1.82, 2.24) is 0 Å². The third-order valence-corrected chi connectivity index (χ3v) is 2.99. The van der Waals surface area contributed by atoms with Crippen LogP contribution in [0.15, 0.2) is 36.4 Å². The van der Waals surface area contributed by atoms with Gasteiger partial charge in [-0.15, -0.1) is 0 Å². The second kappa shape index (κ2) is 6.07. The van der Waals surface area contributed by atoms with E-state index in [2.05, 4.69) is 5.32 Å². The number of hydrogen-bond donors (Lipinski definition) is 1. The summed E-state index contributed by atoms with van der Waals surface area (Å²) in [5.41, 5.74) is 2.88. The summed E-state index contributed by atoms with van der Waals surface area (Å²) in [7, 11) is 1.61. The summed E-state index contributed by atoms with van der Waals surface area (Å²) >= 11 is 0. The average molecular weight is 270 g/mol. The molecule has 2 rings (SSSR count). The molecule has 0 aliphatic heterocycles. The number of rotatable bonds is 4. The van der Waals surface area contributed by atoms with E-state index in [0.717, 1.165) is 22.6 Å². The molecule has 4 heteroatoms. The van der Waals surface area contributed by atoms with E-state index in [1.807, 2.05) is 31.2 Å². The molecule has 0 bridgehead atoms. The molecule has 1 N–H and O–H groups in total. The van der Waals surface area contributed by atoms with Crippen LogP contribution >= 0.6 is 0 Å². The number of aryl methyl sites for hydroxylation is 1. The van der Waals surface area contributed by atoms with Crippen LogP contribution < -0.4 is 10.1 Å². The Labute approximate surface area is 117 Å². The second-order valence-electron chi connectivity index (χ2n) is 4.48. The smallest absolute Gasteiger partial charge is 0.141 e. The molecular formula is C16H15FN2O. The van der Waals surface area contributed by atoms with Crippen LogP contribution in [0.4, 0.5) is 10.1 Å². The summed E-state index contributed by atoms with van der Waals surface area (Å²) in [5.74, 6) is 0.252. The molecule has 0 amide bonds. The number of hydrogen-bond acceptors (Lipinski definition) is 3. The fourth-order valence-corrected chi connectivity index (χ4v) is 1.93. The van der Waals surface area contributed by atoms with Crippen molar-refractivity contribution in [3.63, 3.8) is 0 Å². The third-order valence-electron chi connectivity index (χ3n) is 2.99. The lowest BCUT2D eigenvalue weighted by molar-refractivity contribution is 0.416. The van der Waals surface area contributed by atoms with Crippen molar-refractivity contribution in [3.8, 4) is 11.8 Å². The van der Waals surface area contributed by atoms with Gasteiger partial charge in [0.25, 0.3) is 0 Å². The minimum Gasteiger partial charge on any atom is -0.495 e. The second-order valence-corrected chi connectivity index (χ2v) is 4.48. The number of benzene rings is 2. The van der Waals surface area contributed by atoms with Gasteiger partial charge in [-0.25, -0.2) is 4.39 Å². The lowest BCUT2D eigenvalue weighted by Crippen LogP contribution is -2.02. The molecule has 2 aromatic carbocycles. The summed E-state index contributed by atoms with van der Waals surface area (Å²) < 4.78 is 18.5. The minimum absolute atomic E-state index is 0.0560. The van der Waals surface area contributed by atoms with Crippen molar-refractivity contribution < 1.29 is 9.13 Å². The van der Waals surface area contributed by atoms with E-state index in [0.29, 0.717) is 6.54 Å². The molecule has 0 spiro atoms. The summed E-state index contributed by atoms with van der Waals surface area (Å²) in [6.45, 7) is 2.49. The molecule has 0 unspecified atom stereocenters. The zero-order chi connectivity index (χ0) is 14.5. The van der Waals surface area contributed by atoms with Crippen LogP contribution in [0.3, 0.4) is 0 Å². The fraction of sp³-hybridized carbons (Fsp3) is 0.188. The quantitative estimate of drug-likeness (QED) is 0.922. The van der Waals surface area contributed by atoms with Gasteiger partial charge in [-0.2, -0.15) is 5.26 Å². The first-order valence-corrected chi connectivity index (χ1v) is 6.21. The lowest BCUT2D eigenvalue weighted by Gasteiger charge is -2.12. The van der Waals surface area contributed by atoms with Crippen LogP contribution in [0.1, 0.15) is 16.7 Å². The van der Waals surface area contributed by atoms with Crippen LogP contribution in [0.5, 0.6) is 5.75 Å². The van der Waals surface area contributed by atoms with Crippen LogP contribution in [0, 0.1) is 24.1 Å². The van der Waals surface area contributed by atoms with Gasteiger partial charge in [0.1, 0.15) is 17.6 Å². The summed E-state index contributed by atoms with van der Waals surface area (Å²) in [6, 6.07) is 12.2. The first kappa shape index (κ1) is 13.9. The number of anilines is 1. The van der Waals surface area contributed by atoms with Crippen molar-refractivity contribution in [2.75, 3.05) is 12.4 Å². The predicted octanol–water partition coefficient (Wildman–Crippen LogP) is 3.63. The van der Waals surface area contributed by atoms with Gasteiger partial charge < -0.3 is 10.1 Å². The van der Waals surface area contributed by atoms with E-state index >= 15 is 0 Å². The molecule has 0 radical (unpaired) electrons. The molecule has 0 heterocycles. The summed E-state index contributed by atoms with van der Waals surface area (Å²) in [4.78, 5) is 0. The van der Waals surface area contributed by atoms with Crippen molar-refractivity contribution in [2.45, 2.75) is 13.5 Å². The lowest BCUT2D eigenvalue weighted by atomic mass is 10.1. The van der Waals surface area contributed by atoms with Crippen molar-refractivity contribution in [1.29, 1.82) is 5.26 Å². The molecule has 20 heavy (non-hydrogen) atoms. The summed E-state index contributed by atoms with van der Waals surface area (Å²) in [5, 5.41) is 12.1. The highest BCUT2D eigenvalue weighted by Gasteiger charge is 2.05. The highest BCUT2D eigenvalue weighted by Crippen LogP contribution is 2.25. The Morgan fingerprint density at radius 2 is 2.05 bits per heavy atom. The predicted molar refractivity (Wildman–Crippen MR) is 76.2 cm³/mol. The van der Waals surface area contributed by atoms with E-state index in [9.17, 15) is 4.39 Å². The zero-order valence-corrected chi connectivity index (χ0v) is 11.4. The SMILES string of the molecule is COc1ccc(C)cc1NCc1ccc(F)c(C#N)c1. The molecule has 0 aliphatic rings. The maximum Gasteiger partial charge on any atom is 0.141 e. The number of halogens is 1. The zero-order valence-electron chi connectivity index (χ0n) is 11.4. The van der Waals surface area contributed by atoms with Crippen LogP contribution in [0.2, 0.25) is 0 Å². The van der Waals surface area contributed by atoms with E-state index in [4.69, 9.17) is 10.00 Å². The molecular weight excluding hydrogens is 255 g/mol. The molecule has 0 saturated heterocycles. The largest absolute Gasteiger partial charge is 0.495 e. The first-order chi connectivity index (χ1) is 9.63. The monoisotopic (exact) mass is 270 g/mol. The maximum atomic E-state index is 13.2. The van der Waals surface area contributed by atoms with Crippen LogP contribution in [0.25, 0.3) is 0 Å². The van der Waals surface area contributed by atoms with Crippen molar-refractivity contribution >= 4 is 5.69 Å². The average Bonchev–Trinajstić information content (AvgIpc) is 2.46. The molecule has 0 saturated carbocycles. The van der Waals surface area contributed by atoms with Crippen LogP contribution in [-0.2, 0) is 6.54 Å². The maximum absolute atomic E-state index is 13.2. The van der Waals surface area contributed by atoms with Gasteiger partial charge in [-0.3, -0.25) is 0 Å². The number of ether oxygens (including phenoxy) is 1. The Kier molecular flexibility index (Phi) is 4.21. The van der Waals surface area contributed by atoms with Gasteiger partial charge in [0.2, 0.25) is 0 Å². The number of methoxy groups -OCH3 is 1. The fourth-order valence-electron chi connectivity index (χ4n) is 1.93. The molecule has 0 aliphatic carbocycles. The topological polar surface area (TPSA) is 45.0 Å². The number of nitriles is 1. The molecule has 2 aromatic rings. The molecule has 0 atom stereocenters. The highest BCUT2D eigenvalue weighted by molar-refractivity contribution is 5.58. The minimum atomic E-state index is -0.496. The first-order valence-electron chi connectivity index (χ1n) is 6.21. The Morgan fingerprint density at radius 1 is 1.25 bits per heavy atom. The van der Waals surface area contributed by atoms with Gasteiger partial charge in [0.05, 0.1) is 18.4 Å².